The number of anilines is 5. The van der Waals surface area contributed by atoms with Gasteiger partial charge in [0, 0.05) is 61.2 Å². The van der Waals surface area contributed by atoms with Gasteiger partial charge in [-0.15, -0.1) is 8.78 Å². The molecule has 0 saturated carbocycles. The van der Waals surface area contributed by atoms with Crippen LogP contribution in [0.25, 0.3) is 0 Å². The molecule has 2 heterocycles. The Bertz CT molecular complexity index is 1090. The second-order valence-electron chi connectivity index (χ2n) is 7.18. The van der Waals surface area contributed by atoms with Crippen molar-refractivity contribution in [1.29, 1.82) is 0 Å². The second kappa shape index (κ2) is 9.80. The summed E-state index contributed by atoms with van der Waals surface area (Å²) in [5.74, 6) is 1.19. The van der Waals surface area contributed by atoms with E-state index in [4.69, 9.17) is 23.2 Å². The predicted molar refractivity (Wildman–Crippen MR) is 126 cm³/mol. The number of halogens is 4. The van der Waals surface area contributed by atoms with E-state index in [2.05, 4.69) is 40.1 Å². The molecule has 0 atom stereocenters. The molecule has 2 aromatic carbocycles. The molecule has 174 valence electrons. The summed E-state index contributed by atoms with van der Waals surface area (Å²) in [5.41, 5.74) is -2.10. The third-order valence-corrected chi connectivity index (χ3v) is 5.24. The molecule has 12 heteroatoms. The highest BCUT2D eigenvalue weighted by atomic mass is 35.5. The Morgan fingerprint density at radius 1 is 0.939 bits per heavy atom. The Balaban J connectivity index is 1.45. The third-order valence-electron chi connectivity index (χ3n) is 4.93. The molecule has 0 amide bonds. The second-order valence-corrected chi connectivity index (χ2v) is 8.06. The summed E-state index contributed by atoms with van der Waals surface area (Å²) in [6.45, 7) is 3.02. The largest absolute Gasteiger partial charge is 0.487 e. The zero-order valence-electron chi connectivity index (χ0n) is 17.6. The Labute approximate surface area is 199 Å². The van der Waals surface area contributed by atoms with Crippen LogP contribution < -0.4 is 25.2 Å². The van der Waals surface area contributed by atoms with Crippen molar-refractivity contribution in [3.63, 3.8) is 0 Å². The highest BCUT2D eigenvalue weighted by Gasteiger charge is 2.27. The molecule has 1 aromatic heterocycles. The normalized spacial score (nSPS) is 14.2. The lowest BCUT2D eigenvalue weighted by Gasteiger charge is -2.36. The SMILES string of the molecule is CNc1nc(Nc2ccc(OC(F)(F)Cl)cc2)nc(N2CCN(c3cccc(Cl)c3)CC2)n1. The van der Waals surface area contributed by atoms with Crippen molar-refractivity contribution >= 4 is 52.4 Å². The van der Waals surface area contributed by atoms with Crippen LogP contribution in [0.3, 0.4) is 0 Å². The first kappa shape index (κ1) is 23.1. The molecule has 0 unspecified atom stereocenters. The van der Waals surface area contributed by atoms with Crippen LogP contribution in [0.5, 0.6) is 5.75 Å². The molecule has 3 aromatic rings. The molecule has 0 bridgehead atoms. The maximum Gasteiger partial charge on any atom is 0.487 e. The number of nitrogens with zero attached hydrogens (tertiary/aromatic N) is 5. The van der Waals surface area contributed by atoms with E-state index in [-0.39, 0.29) is 5.75 Å². The molecule has 33 heavy (non-hydrogen) atoms. The maximum absolute atomic E-state index is 12.8. The Morgan fingerprint density at radius 2 is 1.61 bits per heavy atom. The van der Waals surface area contributed by atoms with Gasteiger partial charge in [-0.3, -0.25) is 0 Å². The van der Waals surface area contributed by atoms with Gasteiger partial charge in [0.15, 0.2) is 0 Å². The van der Waals surface area contributed by atoms with Crippen molar-refractivity contribution in [2.75, 3.05) is 53.7 Å². The van der Waals surface area contributed by atoms with Crippen LogP contribution in [0.15, 0.2) is 48.5 Å². The van der Waals surface area contributed by atoms with Crippen LogP contribution in [-0.4, -0.2) is 53.7 Å². The molecule has 2 N–H and O–H groups in total. The molecule has 4 rings (SSSR count). The monoisotopic (exact) mass is 495 g/mol. The number of hydrogen-bond donors (Lipinski definition) is 2. The van der Waals surface area contributed by atoms with Crippen molar-refractivity contribution < 1.29 is 13.5 Å². The topological polar surface area (TPSA) is 78.4 Å². The number of ether oxygens (including phenoxy) is 1. The van der Waals surface area contributed by atoms with E-state index in [0.717, 1.165) is 31.9 Å². The van der Waals surface area contributed by atoms with Gasteiger partial charge < -0.3 is 25.2 Å². The molecule has 1 fully saturated rings. The molecule has 0 spiro atoms. The van der Waals surface area contributed by atoms with Crippen LogP contribution >= 0.6 is 23.2 Å². The van der Waals surface area contributed by atoms with E-state index in [0.29, 0.717) is 28.6 Å². The van der Waals surface area contributed by atoms with Gasteiger partial charge in [-0.1, -0.05) is 17.7 Å². The number of rotatable bonds is 7. The minimum absolute atomic E-state index is 0.0645. The number of nitrogens with one attached hydrogen (secondary N) is 2. The predicted octanol–water partition coefficient (Wildman–Crippen LogP) is 4.80. The quantitative estimate of drug-likeness (QED) is 0.452. The molecule has 1 aliphatic heterocycles. The number of hydrogen-bond acceptors (Lipinski definition) is 8. The summed E-state index contributed by atoms with van der Waals surface area (Å²) < 4.78 is 29.9. The van der Waals surface area contributed by atoms with Crippen molar-refractivity contribution in [2.24, 2.45) is 0 Å². The van der Waals surface area contributed by atoms with E-state index >= 15 is 0 Å². The number of piperazine rings is 1. The Morgan fingerprint density at radius 3 is 2.24 bits per heavy atom. The highest BCUT2D eigenvalue weighted by molar-refractivity contribution is 6.30. The van der Waals surface area contributed by atoms with Gasteiger partial charge in [0.05, 0.1) is 0 Å². The fourth-order valence-electron chi connectivity index (χ4n) is 3.38. The van der Waals surface area contributed by atoms with E-state index in [1.54, 1.807) is 19.2 Å². The van der Waals surface area contributed by atoms with Crippen molar-refractivity contribution in [2.45, 2.75) is 5.57 Å². The highest BCUT2D eigenvalue weighted by Crippen LogP contribution is 2.27. The molecular formula is C21H21Cl2F2N7O. The first-order valence-corrected chi connectivity index (χ1v) is 10.9. The van der Waals surface area contributed by atoms with Crippen molar-refractivity contribution in [3.8, 4) is 5.75 Å². The van der Waals surface area contributed by atoms with Crippen LogP contribution in [0.1, 0.15) is 0 Å². The molecular weight excluding hydrogens is 475 g/mol. The van der Waals surface area contributed by atoms with Crippen LogP contribution in [0.4, 0.5) is 38.0 Å². The van der Waals surface area contributed by atoms with Gasteiger partial charge in [-0.2, -0.15) is 15.0 Å². The first-order valence-electron chi connectivity index (χ1n) is 10.1. The fraction of sp³-hybridized carbons (Fsp3) is 0.286. The minimum Gasteiger partial charge on any atom is -0.420 e. The van der Waals surface area contributed by atoms with Crippen molar-refractivity contribution in [3.05, 3.63) is 53.6 Å². The number of alkyl halides is 3. The average Bonchev–Trinajstić information content (AvgIpc) is 2.79. The summed E-state index contributed by atoms with van der Waals surface area (Å²) in [6, 6.07) is 13.6. The average molecular weight is 496 g/mol. The lowest BCUT2D eigenvalue weighted by atomic mass is 10.2. The van der Waals surface area contributed by atoms with Crippen LogP contribution in [-0.2, 0) is 0 Å². The van der Waals surface area contributed by atoms with Crippen LogP contribution in [0.2, 0.25) is 5.02 Å². The standard InChI is InChI=1S/C21H21Cl2F2N7O/c1-26-18-28-19(27-15-5-7-17(8-6-15)33-21(23,24)25)30-20(29-18)32-11-9-31(10-12-32)16-4-2-3-14(22)13-16/h2-8,13H,9-12H2,1H3,(H2,26,27,28,29,30). The van der Waals surface area contributed by atoms with Gasteiger partial charge in [0.25, 0.3) is 0 Å². The third kappa shape index (κ3) is 6.23. The number of aromatic nitrogens is 3. The van der Waals surface area contributed by atoms with E-state index in [1.807, 2.05) is 24.3 Å². The first-order chi connectivity index (χ1) is 15.8. The molecule has 1 aliphatic rings. The lowest BCUT2D eigenvalue weighted by molar-refractivity contribution is -0.0964. The van der Waals surface area contributed by atoms with Crippen molar-refractivity contribution in [1.82, 2.24) is 15.0 Å². The van der Waals surface area contributed by atoms with E-state index in [1.165, 1.54) is 12.1 Å². The van der Waals surface area contributed by atoms with Gasteiger partial charge >= 0.3 is 5.57 Å². The van der Waals surface area contributed by atoms with E-state index in [9.17, 15) is 8.78 Å². The molecule has 1 saturated heterocycles. The summed E-state index contributed by atoms with van der Waals surface area (Å²) in [7, 11) is 1.72. The van der Waals surface area contributed by atoms with Gasteiger partial charge in [0.2, 0.25) is 17.8 Å². The molecule has 0 radical (unpaired) electrons. The van der Waals surface area contributed by atoms with Gasteiger partial charge in [-0.25, -0.2) is 0 Å². The molecule has 8 nitrogen and oxygen atoms in total. The Kier molecular flexibility index (Phi) is 6.85. The molecule has 0 aliphatic carbocycles. The summed E-state index contributed by atoms with van der Waals surface area (Å²) >= 11 is 10.9. The summed E-state index contributed by atoms with van der Waals surface area (Å²) in [6.07, 6.45) is 0. The summed E-state index contributed by atoms with van der Waals surface area (Å²) in [4.78, 5) is 17.7. The number of benzene rings is 2. The lowest BCUT2D eigenvalue weighted by Crippen LogP contribution is -2.47. The maximum atomic E-state index is 12.8. The van der Waals surface area contributed by atoms with Gasteiger partial charge in [0.1, 0.15) is 5.75 Å². The van der Waals surface area contributed by atoms with E-state index < -0.39 is 5.57 Å². The summed E-state index contributed by atoms with van der Waals surface area (Å²) in [5, 5.41) is 6.70. The smallest absolute Gasteiger partial charge is 0.420 e. The Hall–Kier alpha value is -3.11. The zero-order chi connectivity index (χ0) is 23.4. The minimum atomic E-state index is -3.77. The van der Waals surface area contributed by atoms with Crippen LogP contribution in [0, 0.1) is 0 Å². The zero-order valence-corrected chi connectivity index (χ0v) is 19.1. The van der Waals surface area contributed by atoms with Gasteiger partial charge in [-0.05, 0) is 42.5 Å². The fourth-order valence-corrected chi connectivity index (χ4v) is 3.65.